The van der Waals surface area contributed by atoms with Gasteiger partial charge < -0.3 is 10.6 Å². The Labute approximate surface area is 144 Å². The lowest BCUT2D eigenvalue weighted by atomic mass is 9.93. The number of aromatic nitrogens is 2. The fourth-order valence-electron chi connectivity index (χ4n) is 2.97. The van der Waals surface area contributed by atoms with E-state index in [0.29, 0.717) is 23.8 Å². The Morgan fingerprint density at radius 1 is 1.33 bits per heavy atom. The summed E-state index contributed by atoms with van der Waals surface area (Å²) in [6.45, 7) is 1.44. The highest BCUT2D eigenvalue weighted by molar-refractivity contribution is 7.16. The number of rotatable bonds is 5. The minimum absolute atomic E-state index is 0.0125. The molecule has 1 saturated heterocycles. The third kappa shape index (κ3) is 3.97. The first-order valence-electron chi connectivity index (χ1n) is 8.08. The van der Waals surface area contributed by atoms with Crippen molar-refractivity contribution >= 4 is 23.2 Å². The van der Waals surface area contributed by atoms with Gasteiger partial charge in [0.15, 0.2) is 0 Å². The quantitative estimate of drug-likeness (QED) is 0.901. The molecule has 1 fully saturated rings. The monoisotopic (exact) mass is 344 g/mol. The van der Waals surface area contributed by atoms with E-state index in [1.54, 1.807) is 12.4 Å². The normalized spacial score (nSPS) is 17.7. The average Bonchev–Trinajstić information content (AvgIpc) is 3.10. The SMILES string of the molecule is NC(=O)CCC1CCCN(C(=O)c2cnc(-c3ccccn3)s2)C1. The number of carbonyl (C=O) groups excluding carboxylic acids is 2. The van der Waals surface area contributed by atoms with Crippen LogP contribution in [0, 0.1) is 5.92 Å². The summed E-state index contributed by atoms with van der Waals surface area (Å²) in [6.07, 6.45) is 6.48. The summed E-state index contributed by atoms with van der Waals surface area (Å²) in [5, 5.41) is 0.751. The van der Waals surface area contributed by atoms with Crippen LogP contribution in [0.2, 0.25) is 0 Å². The van der Waals surface area contributed by atoms with Gasteiger partial charge in [-0.1, -0.05) is 6.07 Å². The van der Waals surface area contributed by atoms with Crippen LogP contribution >= 0.6 is 11.3 Å². The molecule has 0 aromatic carbocycles. The summed E-state index contributed by atoms with van der Waals surface area (Å²) >= 11 is 1.37. The van der Waals surface area contributed by atoms with Crippen molar-refractivity contribution in [3.05, 3.63) is 35.5 Å². The molecular formula is C17H20N4O2S. The molecule has 3 rings (SSSR count). The van der Waals surface area contributed by atoms with Crippen LogP contribution in [0.3, 0.4) is 0 Å². The Bertz CT molecular complexity index is 716. The summed E-state index contributed by atoms with van der Waals surface area (Å²) in [7, 11) is 0. The van der Waals surface area contributed by atoms with Crippen molar-refractivity contribution in [2.45, 2.75) is 25.7 Å². The zero-order chi connectivity index (χ0) is 16.9. The summed E-state index contributed by atoms with van der Waals surface area (Å²) in [6, 6.07) is 5.64. The topological polar surface area (TPSA) is 89.2 Å². The van der Waals surface area contributed by atoms with E-state index in [9.17, 15) is 9.59 Å². The molecule has 6 nitrogen and oxygen atoms in total. The average molecular weight is 344 g/mol. The zero-order valence-electron chi connectivity index (χ0n) is 13.4. The number of nitrogens with two attached hydrogens (primary N) is 1. The van der Waals surface area contributed by atoms with E-state index in [1.165, 1.54) is 11.3 Å². The molecule has 0 aliphatic carbocycles. The summed E-state index contributed by atoms with van der Waals surface area (Å²) in [5.41, 5.74) is 6.00. The van der Waals surface area contributed by atoms with Gasteiger partial charge in [-0.15, -0.1) is 11.3 Å². The van der Waals surface area contributed by atoms with E-state index in [1.807, 2.05) is 23.1 Å². The molecule has 1 aliphatic heterocycles. The lowest BCUT2D eigenvalue weighted by Gasteiger charge is -2.32. The largest absolute Gasteiger partial charge is 0.370 e. The van der Waals surface area contributed by atoms with Gasteiger partial charge in [-0.25, -0.2) is 4.98 Å². The van der Waals surface area contributed by atoms with Gasteiger partial charge in [0.2, 0.25) is 5.91 Å². The first kappa shape index (κ1) is 16.6. The number of amides is 2. The van der Waals surface area contributed by atoms with Gasteiger partial charge in [0.25, 0.3) is 5.91 Å². The smallest absolute Gasteiger partial charge is 0.265 e. The van der Waals surface area contributed by atoms with Crippen molar-refractivity contribution in [1.29, 1.82) is 0 Å². The number of primary amides is 1. The number of thiazole rings is 1. The second-order valence-electron chi connectivity index (χ2n) is 6.01. The molecule has 0 saturated carbocycles. The van der Waals surface area contributed by atoms with Crippen LogP contribution in [-0.4, -0.2) is 39.8 Å². The van der Waals surface area contributed by atoms with Crippen LogP contribution in [0.4, 0.5) is 0 Å². The third-order valence-corrected chi connectivity index (χ3v) is 5.21. The standard InChI is InChI=1S/C17H20N4O2S/c18-15(22)7-6-12-4-3-9-21(11-12)17(23)14-10-20-16(24-14)13-5-1-2-8-19-13/h1-2,5,8,10,12H,3-4,6-7,9,11H2,(H2,18,22). The molecule has 0 spiro atoms. The summed E-state index contributed by atoms with van der Waals surface area (Å²) in [4.78, 5) is 34.7. The molecule has 2 aromatic heterocycles. The van der Waals surface area contributed by atoms with Gasteiger partial charge in [0.1, 0.15) is 9.88 Å². The number of likely N-dealkylation sites (tertiary alicyclic amines) is 1. The van der Waals surface area contributed by atoms with Crippen LogP contribution < -0.4 is 5.73 Å². The first-order valence-corrected chi connectivity index (χ1v) is 8.90. The molecule has 0 bridgehead atoms. The zero-order valence-corrected chi connectivity index (χ0v) is 14.2. The van der Waals surface area contributed by atoms with Crippen molar-refractivity contribution < 1.29 is 9.59 Å². The lowest BCUT2D eigenvalue weighted by molar-refractivity contribution is -0.118. The highest BCUT2D eigenvalue weighted by atomic mass is 32.1. The molecule has 2 N–H and O–H groups in total. The molecule has 126 valence electrons. The van der Waals surface area contributed by atoms with Crippen LogP contribution in [0.15, 0.2) is 30.6 Å². The molecule has 0 radical (unpaired) electrons. The molecule has 2 amide bonds. The van der Waals surface area contributed by atoms with Gasteiger partial charge in [-0.3, -0.25) is 14.6 Å². The van der Waals surface area contributed by atoms with E-state index >= 15 is 0 Å². The van der Waals surface area contributed by atoms with Crippen molar-refractivity contribution in [3.8, 4) is 10.7 Å². The van der Waals surface area contributed by atoms with Gasteiger partial charge in [0.05, 0.1) is 11.9 Å². The number of hydrogen-bond donors (Lipinski definition) is 1. The molecule has 24 heavy (non-hydrogen) atoms. The number of carbonyl (C=O) groups is 2. The van der Waals surface area contributed by atoms with E-state index < -0.39 is 0 Å². The predicted octanol–water partition coefficient (Wildman–Crippen LogP) is 2.32. The van der Waals surface area contributed by atoms with Crippen LogP contribution in [-0.2, 0) is 4.79 Å². The third-order valence-electron chi connectivity index (χ3n) is 4.21. The van der Waals surface area contributed by atoms with E-state index in [4.69, 9.17) is 5.73 Å². The van der Waals surface area contributed by atoms with Gasteiger partial charge in [-0.05, 0) is 37.3 Å². The van der Waals surface area contributed by atoms with Crippen molar-refractivity contribution in [2.24, 2.45) is 11.7 Å². The van der Waals surface area contributed by atoms with Gasteiger partial charge >= 0.3 is 0 Å². The molecular weight excluding hydrogens is 324 g/mol. The maximum absolute atomic E-state index is 12.7. The molecule has 1 atom stereocenters. The fourth-order valence-corrected chi connectivity index (χ4v) is 3.83. The van der Waals surface area contributed by atoms with Crippen molar-refractivity contribution in [3.63, 3.8) is 0 Å². The maximum atomic E-state index is 12.7. The molecule has 7 heteroatoms. The predicted molar refractivity (Wildman–Crippen MR) is 92.4 cm³/mol. The Morgan fingerprint density at radius 2 is 2.21 bits per heavy atom. The number of nitrogens with zero attached hydrogens (tertiary/aromatic N) is 3. The molecule has 2 aromatic rings. The Kier molecular flexibility index (Phi) is 5.20. The van der Waals surface area contributed by atoms with Gasteiger partial charge in [-0.2, -0.15) is 0 Å². The molecule has 1 aliphatic rings. The van der Waals surface area contributed by atoms with Gasteiger partial charge in [0, 0.05) is 25.7 Å². The Balaban J connectivity index is 1.66. The minimum atomic E-state index is -0.277. The van der Waals surface area contributed by atoms with Crippen molar-refractivity contribution in [1.82, 2.24) is 14.9 Å². The van der Waals surface area contributed by atoms with Crippen LogP contribution in [0.25, 0.3) is 10.7 Å². The first-order chi connectivity index (χ1) is 11.6. The number of hydrogen-bond acceptors (Lipinski definition) is 5. The van der Waals surface area contributed by atoms with E-state index in [-0.39, 0.29) is 11.8 Å². The van der Waals surface area contributed by atoms with Crippen LogP contribution in [0.5, 0.6) is 0 Å². The van der Waals surface area contributed by atoms with Crippen molar-refractivity contribution in [2.75, 3.05) is 13.1 Å². The fraction of sp³-hybridized carbons (Fsp3) is 0.412. The number of pyridine rings is 1. The Morgan fingerprint density at radius 3 is 2.96 bits per heavy atom. The summed E-state index contributed by atoms with van der Waals surface area (Å²) in [5.74, 6) is 0.0812. The summed E-state index contributed by atoms with van der Waals surface area (Å²) < 4.78 is 0. The molecule has 1 unspecified atom stereocenters. The highest BCUT2D eigenvalue weighted by Gasteiger charge is 2.26. The second kappa shape index (κ2) is 7.53. The minimum Gasteiger partial charge on any atom is -0.370 e. The molecule has 3 heterocycles. The number of piperidine rings is 1. The Hall–Kier alpha value is -2.28. The highest BCUT2D eigenvalue weighted by Crippen LogP contribution is 2.27. The van der Waals surface area contributed by atoms with E-state index in [2.05, 4.69) is 9.97 Å². The second-order valence-corrected chi connectivity index (χ2v) is 7.04. The van der Waals surface area contributed by atoms with Crippen LogP contribution in [0.1, 0.15) is 35.4 Å². The maximum Gasteiger partial charge on any atom is 0.265 e. The lowest BCUT2D eigenvalue weighted by Crippen LogP contribution is -2.39. The van der Waals surface area contributed by atoms with E-state index in [0.717, 1.165) is 36.5 Å².